The molecule has 0 spiro atoms. The average Bonchev–Trinajstić information content (AvgIpc) is 2.66. The van der Waals surface area contributed by atoms with Crippen molar-refractivity contribution in [2.75, 3.05) is 6.61 Å². The van der Waals surface area contributed by atoms with Crippen LogP contribution >= 0.6 is 0 Å². The Labute approximate surface area is 168 Å². The predicted octanol–water partition coefficient (Wildman–Crippen LogP) is 6.99. The van der Waals surface area contributed by atoms with Crippen LogP contribution in [-0.4, -0.2) is 24.8 Å². The van der Waals surface area contributed by atoms with E-state index >= 15 is 0 Å². The molecule has 158 valence electrons. The molecule has 2 atom stereocenters. The molecule has 0 aliphatic carbocycles. The predicted molar refractivity (Wildman–Crippen MR) is 114 cm³/mol. The van der Waals surface area contributed by atoms with E-state index in [0.717, 1.165) is 6.42 Å². The molecule has 1 heterocycles. The highest BCUT2D eigenvalue weighted by Gasteiger charge is 2.27. The van der Waals surface area contributed by atoms with Gasteiger partial charge in [0.15, 0.2) is 12.1 Å². The van der Waals surface area contributed by atoms with Gasteiger partial charge in [-0.25, -0.2) is 0 Å². The first kappa shape index (κ1) is 24.4. The fraction of sp³-hybridized carbons (Fsp3) is 0.875. The van der Waals surface area contributed by atoms with E-state index in [0.29, 0.717) is 6.61 Å². The summed E-state index contributed by atoms with van der Waals surface area (Å²) < 4.78 is 11.5. The van der Waals surface area contributed by atoms with Crippen molar-refractivity contribution < 1.29 is 14.3 Å². The molecule has 0 N–H and O–H groups in total. The van der Waals surface area contributed by atoms with Crippen molar-refractivity contribution in [1.29, 1.82) is 0 Å². The second-order valence-electron chi connectivity index (χ2n) is 8.40. The van der Waals surface area contributed by atoms with Crippen molar-refractivity contribution in [1.82, 2.24) is 0 Å². The van der Waals surface area contributed by atoms with Crippen molar-refractivity contribution in [2.24, 2.45) is 5.92 Å². The first-order valence-electron chi connectivity index (χ1n) is 11.6. The Kier molecular flexibility index (Phi) is 14.7. The van der Waals surface area contributed by atoms with Crippen LogP contribution in [0, 0.1) is 5.92 Å². The van der Waals surface area contributed by atoms with Crippen LogP contribution in [-0.2, 0) is 14.3 Å². The Morgan fingerprint density at radius 1 is 0.852 bits per heavy atom. The minimum Gasteiger partial charge on any atom is -0.349 e. The molecule has 0 aromatic carbocycles. The lowest BCUT2D eigenvalue weighted by molar-refractivity contribution is -0.170. The van der Waals surface area contributed by atoms with E-state index in [4.69, 9.17) is 9.47 Å². The molecule has 1 aliphatic heterocycles. The van der Waals surface area contributed by atoms with Gasteiger partial charge in [-0.1, -0.05) is 104 Å². The smallest absolute Gasteiger partial charge is 0.184 e. The second kappa shape index (κ2) is 16.3. The van der Waals surface area contributed by atoms with Crippen LogP contribution < -0.4 is 0 Å². The number of unbranched alkanes of at least 4 members (excludes halogenated alkanes) is 13. The number of hydrogen-bond acceptors (Lipinski definition) is 3. The second-order valence-corrected chi connectivity index (χ2v) is 8.40. The van der Waals surface area contributed by atoms with Gasteiger partial charge in [0.05, 0.1) is 6.61 Å². The molecule has 0 radical (unpaired) electrons. The van der Waals surface area contributed by atoms with Gasteiger partial charge in [-0.2, -0.15) is 0 Å². The van der Waals surface area contributed by atoms with Crippen molar-refractivity contribution in [3.63, 3.8) is 0 Å². The van der Waals surface area contributed by atoms with Gasteiger partial charge in [0.1, 0.15) is 6.10 Å². The largest absolute Gasteiger partial charge is 0.349 e. The standard InChI is InChI=1S/C24H44O3/c1-4-5-6-7-8-9-10-11-12-13-14-15-16-17-20-26-23-19-18-22(25)24(27-23)21(2)3/h18-19,21,23-24H,4-17,20H2,1-3H3. The maximum atomic E-state index is 11.7. The minimum atomic E-state index is -0.351. The molecule has 3 nitrogen and oxygen atoms in total. The summed E-state index contributed by atoms with van der Waals surface area (Å²) in [6, 6.07) is 0. The van der Waals surface area contributed by atoms with Gasteiger partial charge in [-0.3, -0.25) is 4.79 Å². The highest BCUT2D eigenvalue weighted by molar-refractivity contribution is 5.94. The van der Waals surface area contributed by atoms with Crippen LogP contribution in [0.25, 0.3) is 0 Å². The average molecular weight is 381 g/mol. The molecule has 0 bridgehead atoms. The molecule has 0 amide bonds. The van der Waals surface area contributed by atoms with E-state index in [1.165, 1.54) is 83.5 Å². The Hall–Kier alpha value is -0.670. The minimum absolute atomic E-state index is 0.0568. The Balaban J connectivity index is 1.84. The van der Waals surface area contributed by atoms with Crippen LogP contribution in [0.3, 0.4) is 0 Å². The first-order valence-corrected chi connectivity index (χ1v) is 11.6. The summed E-state index contributed by atoms with van der Waals surface area (Å²) in [5.41, 5.74) is 0. The summed E-state index contributed by atoms with van der Waals surface area (Å²) >= 11 is 0. The Bertz CT molecular complexity index is 389. The van der Waals surface area contributed by atoms with Gasteiger partial charge in [0.2, 0.25) is 0 Å². The van der Waals surface area contributed by atoms with E-state index in [-0.39, 0.29) is 24.1 Å². The molecule has 0 saturated heterocycles. The highest BCUT2D eigenvalue weighted by Crippen LogP contribution is 2.18. The quantitative estimate of drug-likeness (QED) is 0.255. The van der Waals surface area contributed by atoms with Gasteiger partial charge in [-0.05, 0) is 24.5 Å². The molecule has 0 fully saturated rings. The lowest BCUT2D eigenvalue weighted by atomic mass is 10.0. The SMILES string of the molecule is CCCCCCCCCCCCCCCCOC1C=CC(=O)C(C(C)C)O1. The fourth-order valence-electron chi connectivity index (χ4n) is 3.60. The van der Waals surface area contributed by atoms with Gasteiger partial charge in [-0.15, -0.1) is 0 Å². The van der Waals surface area contributed by atoms with Crippen molar-refractivity contribution in [2.45, 2.75) is 123 Å². The maximum absolute atomic E-state index is 11.7. The number of carbonyl (C=O) groups excluding carboxylic acids is 1. The van der Waals surface area contributed by atoms with Crippen LogP contribution in [0.5, 0.6) is 0 Å². The molecule has 1 rings (SSSR count). The molecule has 1 aliphatic rings. The van der Waals surface area contributed by atoms with Gasteiger partial charge >= 0.3 is 0 Å². The molecule has 2 unspecified atom stereocenters. The number of ether oxygens (including phenoxy) is 2. The lowest BCUT2D eigenvalue weighted by Crippen LogP contribution is -2.36. The molecule has 0 aromatic heterocycles. The molecule has 3 heteroatoms. The summed E-state index contributed by atoms with van der Waals surface area (Å²) in [7, 11) is 0. The number of carbonyl (C=O) groups is 1. The molecule has 27 heavy (non-hydrogen) atoms. The normalized spacial score (nSPS) is 19.9. The highest BCUT2D eigenvalue weighted by atomic mass is 16.7. The zero-order valence-electron chi connectivity index (χ0n) is 18.2. The molecule has 0 saturated carbocycles. The van der Waals surface area contributed by atoms with Crippen LogP contribution in [0.4, 0.5) is 0 Å². The van der Waals surface area contributed by atoms with E-state index in [1.807, 2.05) is 13.8 Å². The Morgan fingerprint density at radius 2 is 1.33 bits per heavy atom. The maximum Gasteiger partial charge on any atom is 0.184 e. The van der Waals surface area contributed by atoms with E-state index in [1.54, 1.807) is 12.2 Å². The topological polar surface area (TPSA) is 35.5 Å². The summed E-state index contributed by atoms with van der Waals surface area (Å²) in [5.74, 6) is 0.246. The monoisotopic (exact) mass is 380 g/mol. The van der Waals surface area contributed by atoms with Crippen LogP contribution in [0.15, 0.2) is 12.2 Å². The van der Waals surface area contributed by atoms with Crippen molar-refractivity contribution >= 4 is 5.78 Å². The summed E-state index contributed by atoms with van der Waals surface area (Å²) in [6.45, 7) is 7.01. The summed E-state index contributed by atoms with van der Waals surface area (Å²) in [5, 5.41) is 0. The number of hydrogen-bond donors (Lipinski definition) is 0. The van der Waals surface area contributed by atoms with Gasteiger partial charge in [0, 0.05) is 0 Å². The molecular formula is C24H44O3. The molecule has 0 aromatic rings. The number of rotatable bonds is 17. The third-order valence-electron chi connectivity index (χ3n) is 5.36. The Morgan fingerprint density at radius 3 is 1.81 bits per heavy atom. The zero-order valence-corrected chi connectivity index (χ0v) is 18.2. The van der Waals surface area contributed by atoms with E-state index in [2.05, 4.69) is 6.92 Å². The fourth-order valence-corrected chi connectivity index (χ4v) is 3.60. The zero-order chi connectivity index (χ0) is 19.7. The van der Waals surface area contributed by atoms with Gasteiger partial charge in [0.25, 0.3) is 0 Å². The van der Waals surface area contributed by atoms with Gasteiger partial charge < -0.3 is 9.47 Å². The van der Waals surface area contributed by atoms with E-state index < -0.39 is 0 Å². The first-order chi connectivity index (χ1) is 13.1. The number of ketones is 1. The van der Waals surface area contributed by atoms with Crippen LogP contribution in [0.1, 0.15) is 111 Å². The molecular weight excluding hydrogens is 336 g/mol. The van der Waals surface area contributed by atoms with E-state index in [9.17, 15) is 4.79 Å². The lowest BCUT2D eigenvalue weighted by Gasteiger charge is -2.27. The summed E-state index contributed by atoms with van der Waals surface area (Å²) in [4.78, 5) is 11.7. The van der Waals surface area contributed by atoms with Crippen molar-refractivity contribution in [3.05, 3.63) is 12.2 Å². The van der Waals surface area contributed by atoms with Crippen LogP contribution in [0.2, 0.25) is 0 Å². The third kappa shape index (κ3) is 12.4. The van der Waals surface area contributed by atoms with Crippen molar-refractivity contribution in [3.8, 4) is 0 Å². The summed E-state index contributed by atoms with van der Waals surface area (Å²) in [6.07, 6.45) is 21.7. The third-order valence-corrected chi connectivity index (χ3v) is 5.36.